The van der Waals surface area contributed by atoms with Crippen molar-refractivity contribution >= 4 is 28.3 Å². The molecule has 0 unspecified atom stereocenters. The van der Waals surface area contributed by atoms with Crippen molar-refractivity contribution in [1.29, 1.82) is 0 Å². The standard InChI is InChI=1S/C11H13N2O4S/c1-8(18(2)3)6-9-4-5-10(12(14)15)7-11(9)13(16)17/h4-7H,1-3H3/q+1/b8-6+. The summed E-state index contributed by atoms with van der Waals surface area (Å²) in [5.41, 5.74) is -0.123. The molecule has 96 valence electrons. The van der Waals surface area contributed by atoms with E-state index in [2.05, 4.69) is 0 Å². The second-order valence-electron chi connectivity index (χ2n) is 3.83. The lowest BCUT2D eigenvalue weighted by Crippen LogP contribution is -1.98. The quantitative estimate of drug-likeness (QED) is 0.477. The number of hydrogen-bond donors (Lipinski definition) is 0. The van der Waals surface area contributed by atoms with Crippen LogP contribution in [0.2, 0.25) is 0 Å². The van der Waals surface area contributed by atoms with E-state index in [1.54, 1.807) is 6.08 Å². The van der Waals surface area contributed by atoms with Crippen molar-refractivity contribution in [2.75, 3.05) is 12.5 Å². The first-order valence-electron chi connectivity index (χ1n) is 5.01. The lowest BCUT2D eigenvalue weighted by Gasteiger charge is -1.99. The first-order chi connectivity index (χ1) is 8.32. The van der Waals surface area contributed by atoms with Gasteiger partial charge in [0, 0.05) is 30.0 Å². The minimum atomic E-state index is -0.641. The average Bonchev–Trinajstić information content (AvgIpc) is 2.28. The summed E-state index contributed by atoms with van der Waals surface area (Å²) >= 11 is 0. The van der Waals surface area contributed by atoms with E-state index in [4.69, 9.17) is 0 Å². The third-order valence-corrected chi connectivity index (χ3v) is 3.83. The smallest absolute Gasteiger partial charge is 0.258 e. The highest BCUT2D eigenvalue weighted by Crippen LogP contribution is 2.27. The van der Waals surface area contributed by atoms with Crippen molar-refractivity contribution in [3.63, 3.8) is 0 Å². The minimum Gasteiger partial charge on any atom is -0.258 e. The highest BCUT2D eigenvalue weighted by molar-refractivity contribution is 7.99. The Hall–Kier alpha value is -1.89. The topological polar surface area (TPSA) is 86.3 Å². The molecule has 0 aliphatic heterocycles. The normalized spacial score (nSPS) is 11.7. The van der Waals surface area contributed by atoms with Gasteiger partial charge in [-0.3, -0.25) is 20.2 Å². The molecule has 0 spiro atoms. The van der Waals surface area contributed by atoms with Gasteiger partial charge in [-0.25, -0.2) is 0 Å². The zero-order chi connectivity index (χ0) is 13.9. The molecule has 18 heavy (non-hydrogen) atoms. The summed E-state index contributed by atoms with van der Waals surface area (Å²) in [6.07, 6.45) is 5.71. The van der Waals surface area contributed by atoms with Gasteiger partial charge in [0.25, 0.3) is 11.4 Å². The molecule has 0 fully saturated rings. The number of allylic oxidation sites excluding steroid dienone is 1. The molecule has 7 heteroatoms. The summed E-state index contributed by atoms with van der Waals surface area (Å²) in [6, 6.07) is 3.67. The van der Waals surface area contributed by atoms with E-state index < -0.39 is 9.85 Å². The van der Waals surface area contributed by atoms with Crippen LogP contribution in [-0.4, -0.2) is 22.4 Å². The second-order valence-corrected chi connectivity index (χ2v) is 6.11. The van der Waals surface area contributed by atoms with Crippen LogP contribution in [-0.2, 0) is 10.9 Å². The molecule has 1 aromatic carbocycles. The van der Waals surface area contributed by atoms with Crippen molar-refractivity contribution in [1.82, 2.24) is 0 Å². The predicted octanol–water partition coefficient (Wildman–Crippen LogP) is 2.74. The Labute approximate surface area is 107 Å². The highest BCUT2D eigenvalue weighted by Gasteiger charge is 2.19. The van der Waals surface area contributed by atoms with E-state index in [9.17, 15) is 20.2 Å². The summed E-state index contributed by atoms with van der Waals surface area (Å²) in [5, 5.41) is 21.5. The second kappa shape index (κ2) is 5.63. The molecule has 0 bridgehead atoms. The van der Waals surface area contributed by atoms with Gasteiger partial charge in [-0.05, 0) is 6.07 Å². The number of rotatable bonds is 4. The first-order valence-corrected chi connectivity index (χ1v) is 7.05. The molecule has 0 atom stereocenters. The largest absolute Gasteiger partial charge is 0.283 e. The fourth-order valence-electron chi connectivity index (χ4n) is 1.26. The monoisotopic (exact) mass is 269 g/mol. The maximum absolute atomic E-state index is 10.9. The fraction of sp³-hybridized carbons (Fsp3) is 0.273. The van der Waals surface area contributed by atoms with Gasteiger partial charge in [0.05, 0.1) is 21.5 Å². The van der Waals surface area contributed by atoms with Crippen molar-refractivity contribution in [2.45, 2.75) is 6.92 Å². The first kappa shape index (κ1) is 14.2. The van der Waals surface area contributed by atoms with E-state index >= 15 is 0 Å². The third kappa shape index (κ3) is 3.30. The Kier molecular flexibility index (Phi) is 4.43. The van der Waals surface area contributed by atoms with Crippen molar-refractivity contribution in [3.05, 3.63) is 48.9 Å². The molecule has 0 amide bonds. The predicted molar refractivity (Wildman–Crippen MR) is 72.6 cm³/mol. The molecule has 6 nitrogen and oxygen atoms in total. The van der Waals surface area contributed by atoms with Crippen LogP contribution in [0.5, 0.6) is 0 Å². The fourth-order valence-corrected chi connectivity index (χ4v) is 1.63. The van der Waals surface area contributed by atoms with Crippen LogP contribution >= 0.6 is 0 Å². The van der Waals surface area contributed by atoms with Gasteiger partial charge >= 0.3 is 0 Å². The van der Waals surface area contributed by atoms with Gasteiger partial charge in [0.2, 0.25) is 0 Å². The summed E-state index contributed by atoms with van der Waals surface area (Å²) in [6.45, 7) is 1.88. The molecule has 0 aromatic heterocycles. The van der Waals surface area contributed by atoms with Crippen molar-refractivity contribution < 1.29 is 9.85 Å². The Morgan fingerprint density at radius 1 is 1.22 bits per heavy atom. The molecule has 0 aliphatic rings. The van der Waals surface area contributed by atoms with Crippen LogP contribution in [0, 0.1) is 20.2 Å². The van der Waals surface area contributed by atoms with E-state index in [0.717, 1.165) is 11.0 Å². The Balaban J connectivity index is 3.33. The van der Waals surface area contributed by atoms with Gasteiger partial charge in [-0.2, -0.15) is 0 Å². The average molecular weight is 269 g/mol. The SMILES string of the molecule is C/C(=C\c1ccc([N+](=O)[O-])cc1[N+](=O)[O-])[S+](C)C. The molecular weight excluding hydrogens is 256 g/mol. The number of nitrogens with zero attached hydrogens (tertiary/aromatic N) is 2. The molecule has 0 saturated heterocycles. The molecule has 0 heterocycles. The van der Waals surface area contributed by atoms with Crippen LogP contribution in [0.15, 0.2) is 23.1 Å². The number of benzene rings is 1. The molecule has 0 aliphatic carbocycles. The Morgan fingerprint density at radius 3 is 2.28 bits per heavy atom. The van der Waals surface area contributed by atoms with Crippen LogP contribution in [0.3, 0.4) is 0 Å². The third-order valence-electron chi connectivity index (χ3n) is 2.42. The summed E-state index contributed by atoms with van der Waals surface area (Å²) in [4.78, 5) is 21.3. The van der Waals surface area contributed by atoms with Crippen molar-refractivity contribution in [2.24, 2.45) is 0 Å². The van der Waals surface area contributed by atoms with E-state index in [1.807, 2.05) is 19.4 Å². The van der Waals surface area contributed by atoms with Gasteiger partial charge in [-0.15, -0.1) is 0 Å². The number of non-ortho nitro benzene ring substituents is 1. The van der Waals surface area contributed by atoms with Crippen LogP contribution in [0.25, 0.3) is 6.08 Å². The zero-order valence-electron chi connectivity index (χ0n) is 10.2. The maximum atomic E-state index is 10.9. The summed E-state index contributed by atoms with van der Waals surface area (Å²) in [7, 11) is 0.00819. The zero-order valence-corrected chi connectivity index (χ0v) is 11.1. The van der Waals surface area contributed by atoms with Gasteiger partial charge in [0.1, 0.15) is 17.4 Å². The van der Waals surface area contributed by atoms with Gasteiger partial charge < -0.3 is 0 Å². The van der Waals surface area contributed by atoms with Gasteiger partial charge in [-0.1, -0.05) is 0 Å². The Bertz CT molecular complexity index is 526. The van der Waals surface area contributed by atoms with Crippen LogP contribution in [0.4, 0.5) is 11.4 Å². The lowest BCUT2D eigenvalue weighted by atomic mass is 10.1. The highest BCUT2D eigenvalue weighted by atomic mass is 32.2. The van der Waals surface area contributed by atoms with Crippen molar-refractivity contribution in [3.8, 4) is 0 Å². The van der Waals surface area contributed by atoms with E-state index in [0.29, 0.717) is 5.56 Å². The molecular formula is C11H13N2O4S+. The van der Waals surface area contributed by atoms with E-state index in [1.165, 1.54) is 12.1 Å². The molecule has 0 saturated carbocycles. The minimum absolute atomic E-state index is 0.00819. The summed E-state index contributed by atoms with van der Waals surface area (Å²) in [5.74, 6) is 0. The molecule has 0 N–H and O–H groups in total. The maximum Gasteiger partial charge on any atom is 0.283 e. The molecule has 1 aromatic rings. The number of hydrogen-bond acceptors (Lipinski definition) is 4. The van der Waals surface area contributed by atoms with E-state index in [-0.39, 0.29) is 22.3 Å². The Morgan fingerprint density at radius 2 is 1.83 bits per heavy atom. The van der Waals surface area contributed by atoms with Crippen LogP contribution in [0.1, 0.15) is 12.5 Å². The molecule has 0 radical (unpaired) electrons. The lowest BCUT2D eigenvalue weighted by molar-refractivity contribution is -0.394. The van der Waals surface area contributed by atoms with Crippen LogP contribution < -0.4 is 0 Å². The number of nitro groups is 2. The molecule has 1 rings (SSSR count). The number of nitro benzene ring substituents is 2. The summed E-state index contributed by atoms with van der Waals surface area (Å²) < 4.78 is 0. The van der Waals surface area contributed by atoms with Gasteiger partial charge in [0.15, 0.2) is 0 Å².